The van der Waals surface area contributed by atoms with Gasteiger partial charge in [-0.05, 0) is 18.2 Å². The van der Waals surface area contributed by atoms with Gasteiger partial charge >= 0.3 is 0 Å². The Morgan fingerprint density at radius 3 is 2.41 bits per heavy atom. The summed E-state index contributed by atoms with van der Waals surface area (Å²) in [6.07, 6.45) is 0. The van der Waals surface area contributed by atoms with Crippen molar-refractivity contribution in [1.82, 2.24) is 19.4 Å². The van der Waals surface area contributed by atoms with Crippen LogP contribution in [0.4, 0.5) is 5.13 Å². The highest BCUT2D eigenvalue weighted by atomic mass is 32.2. The third-order valence-electron chi connectivity index (χ3n) is 4.57. The molecule has 3 rings (SSSR count). The molecule has 0 saturated carbocycles. The minimum Gasteiger partial charge on any atom is -0.340 e. The van der Waals surface area contributed by atoms with E-state index < -0.39 is 15.9 Å². The van der Waals surface area contributed by atoms with Crippen molar-refractivity contribution in [2.24, 2.45) is 0 Å². The summed E-state index contributed by atoms with van der Waals surface area (Å²) in [4.78, 5) is 25.6. The van der Waals surface area contributed by atoms with Crippen molar-refractivity contribution in [3.8, 4) is 0 Å². The second-order valence-electron chi connectivity index (χ2n) is 6.99. The Kier molecular flexibility index (Phi) is 6.30. The summed E-state index contributed by atoms with van der Waals surface area (Å²) in [6.45, 7) is 6.58. The Bertz CT molecular complexity index is 1010. The molecule has 11 heteroatoms. The molecule has 2 amide bonds. The van der Waals surface area contributed by atoms with Crippen LogP contribution in [0.3, 0.4) is 0 Å². The maximum absolute atomic E-state index is 12.9. The van der Waals surface area contributed by atoms with E-state index in [0.29, 0.717) is 18.2 Å². The Morgan fingerprint density at radius 2 is 1.83 bits per heavy atom. The Balaban J connectivity index is 1.74. The molecular weight excluding hydrogens is 414 g/mol. The lowest BCUT2D eigenvalue weighted by Crippen LogP contribution is -2.49. The molecule has 1 saturated heterocycles. The van der Waals surface area contributed by atoms with Crippen LogP contribution in [-0.4, -0.2) is 65.8 Å². The first kappa shape index (κ1) is 21.3. The molecule has 29 heavy (non-hydrogen) atoms. The predicted octanol–water partition coefficient (Wildman–Crippen LogP) is 1.77. The second kappa shape index (κ2) is 8.56. The fourth-order valence-corrected chi connectivity index (χ4v) is 5.09. The maximum atomic E-state index is 12.9. The minimum absolute atomic E-state index is 0.0431. The molecule has 0 unspecified atom stereocenters. The average Bonchev–Trinajstić information content (AvgIpc) is 3.17. The van der Waals surface area contributed by atoms with Crippen LogP contribution in [0.1, 0.15) is 42.1 Å². The fourth-order valence-electron chi connectivity index (χ4n) is 2.88. The SMILES string of the molecule is CC(=O)N1CCN(S(=O)(=O)c2cccc(C(=O)Nc3nnc(C(C)C)s3)c2)CC1. The van der Waals surface area contributed by atoms with Crippen molar-refractivity contribution in [3.63, 3.8) is 0 Å². The van der Waals surface area contributed by atoms with Crippen LogP contribution in [0, 0.1) is 0 Å². The summed E-state index contributed by atoms with van der Waals surface area (Å²) in [5.41, 5.74) is 0.217. The molecule has 1 aromatic carbocycles. The summed E-state index contributed by atoms with van der Waals surface area (Å²) in [7, 11) is -3.76. The molecular formula is C18H23N5O4S2. The van der Waals surface area contributed by atoms with E-state index in [9.17, 15) is 18.0 Å². The largest absolute Gasteiger partial charge is 0.340 e. The van der Waals surface area contributed by atoms with E-state index in [0.717, 1.165) is 5.01 Å². The number of amides is 2. The molecule has 0 bridgehead atoms. The molecule has 1 N–H and O–H groups in total. The van der Waals surface area contributed by atoms with E-state index in [1.54, 1.807) is 11.0 Å². The third kappa shape index (κ3) is 4.80. The van der Waals surface area contributed by atoms with Crippen LogP contribution >= 0.6 is 11.3 Å². The van der Waals surface area contributed by atoms with Crippen molar-refractivity contribution < 1.29 is 18.0 Å². The van der Waals surface area contributed by atoms with Crippen LogP contribution in [-0.2, 0) is 14.8 Å². The summed E-state index contributed by atoms with van der Waals surface area (Å²) in [6, 6.07) is 5.90. The van der Waals surface area contributed by atoms with Crippen molar-refractivity contribution in [2.75, 3.05) is 31.5 Å². The van der Waals surface area contributed by atoms with Gasteiger partial charge in [-0.3, -0.25) is 14.9 Å². The van der Waals surface area contributed by atoms with Crippen molar-refractivity contribution in [2.45, 2.75) is 31.6 Å². The number of benzene rings is 1. The zero-order valence-electron chi connectivity index (χ0n) is 16.5. The number of hydrogen-bond acceptors (Lipinski definition) is 7. The third-order valence-corrected chi connectivity index (χ3v) is 7.61. The van der Waals surface area contributed by atoms with Gasteiger partial charge in [-0.15, -0.1) is 10.2 Å². The number of aromatic nitrogens is 2. The quantitative estimate of drug-likeness (QED) is 0.763. The van der Waals surface area contributed by atoms with Crippen molar-refractivity contribution in [3.05, 3.63) is 34.8 Å². The number of nitrogens with zero attached hydrogens (tertiary/aromatic N) is 4. The maximum Gasteiger partial charge on any atom is 0.257 e. The van der Waals surface area contributed by atoms with Crippen LogP contribution in [0.25, 0.3) is 0 Å². The van der Waals surface area contributed by atoms with Gasteiger partial charge in [-0.1, -0.05) is 31.3 Å². The Morgan fingerprint density at radius 1 is 1.14 bits per heavy atom. The zero-order valence-corrected chi connectivity index (χ0v) is 18.1. The second-order valence-corrected chi connectivity index (χ2v) is 9.94. The van der Waals surface area contributed by atoms with Gasteiger partial charge in [0, 0.05) is 44.6 Å². The molecule has 0 radical (unpaired) electrons. The van der Waals surface area contributed by atoms with Gasteiger partial charge in [0.15, 0.2) is 0 Å². The average molecular weight is 438 g/mol. The first-order valence-electron chi connectivity index (χ1n) is 9.19. The summed E-state index contributed by atoms with van der Waals surface area (Å²) in [5, 5.41) is 11.8. The smallest absolute Gasteiger partial charge is 0.257 e. The van der Waals surface area contributed by atoms with Gasteiger partial charge in [-0.2, -0.15) is 4.31 Å². The van der Waals surface area contributed by atoms with Crippen molar-refractivity contribution >= 4 is 38.3 Å². The number of anilines is 1. The van der Waals surface area contributed by atoms with Crippen LogP contribution < -0.4 is 5.32 Å². The molecule has 9 nitrogen and oxygen atoms in total. The van der Waals surface area contributed by atoms with Gasteiger partial charge in [0.25, 0.3) is 5.91 Å². The van der Waals surface area contributed by atoms with Gasteiger partial charge in [-0.25, -0.2) is 8.42 Å². The van der Waals surface area contributed by atoms with E-state index in [2.05, 4.69) is 15.5 Å². The summed E-state index contributed by atoms with van der Waals surface area (Å²) in [5.74, 6) is -0.317. The zero-order chi connectivity index (χ0) is 21.2. The lowest BCUT2D eigenvalue weighted by Gasteiger charge is -2.33. The van der Waals surface area contributed by atoms with E-state index in [1.807, 2.05) is 13.8 Å². The number of hydrogen-bond donors (Lipinski definition) is 1. The Labute approximate surface area is 173 Å². The highest BCUT2D eigenvalue weighted by Crippen LogP contribution is 2.24. The number of rotatable bonds is 5. The summed E-state index contributed by atoms with van der Waals surface area (Å²) >= 11 is 1.29. The van der Waals surface area contributed by atoms with E-state index >= 15 is 0 Å². The van der Waals surface area contributed by atoms with Gasteiger partial charge in [0.05, 0.1) is 4.90 Å². The Hall–Kier alpha value is -2.37. The molecule has 0 spiro atoms. The highest BCUT2D eigenvalue weighted by Gasteiger charge is 2.29. The number of nitrogens with one attached hydrogen (secondary N) is 1. The van der Waals surface area contributed by atoms with E-state index in [-0.39, 0.29) is 35.4 Å². The van der Waals surface area contributed by atoms with Crippen LogP contribution in [0.15, 0.2) is 29.2 Å². The number of carbonyl (C=O) groups is 2. The highest BCUT2D eigenvalue weighted by molar-refractivity contribution is 7.89. The predicted molar refractivity (Wildman–Crippen MR) is 109 cm³/mol. The normalized spacial score (nSPS) is 15.5. The monoisotopic (exact) mass is 437 g/mol. The van der Waals surface area contributed by atoms with Gasteiger partial charge in [0.2, 0.25) is 21.1 Å². The van der Waals surface area contributed by atoms with Crippen molar-refractivity contribution in [1.29, 1.82) is 0 Å². The number of carbonyl (C=O) groups excluding carboxylic acids is 2. The standard InChI is InChI=1S/C18H23N5O4S2/c1-12(2)17-20-21-18(28-17)19-16(25)14-5-4-6-15(11-14)29(26,27)23-9-7-22(8-10-23)13(3)24/h4-6,11-12H,7-10H2,1-3H3,(H,19,21,25). The number of sulfonamides is 1. The molecule has 0 aliphatic carbocycles. The summed E-state index contributed by atoms with van der Waals surface area (Å²) < 4.78 is 27.2. The topological polar surface area (TPSA) is 113 Å². The first-order chi connectivity index (χ1) is 13.7. The first-order valence-corrected chi connectivity index (χ1v) is 11.4. The molecule has 1 aliphatic heterocycles. The van der Waals surface area contributed by atoms with Gasteiger partial charge in [0.1, 0.15) is 5.01 Å². The molecule has 1 aromatic heterocycles. The molecule has 1 aliphatic rings. The van der Waals surface area contributed by atoms with E-state index in [4.69, 9.17) is 0 Å². The molecule has 0 atom stereocenters. The van der Waals surface area contributed by atoms with Crippen LogP contribution in [0.2, 0.25) is 0 Å². The molecule has 1 fully saturated rings. The lowest BCUT2D eigenvalue weighted by molar-refractivity contribution is -0.129. The minimum atomic E-state index is -3.76. The number of piperazine rings is 1. The van der Waals surface area contributed by atoms with E-state index in [1.165, 1.54) is 40.8 Å². The molecule has 2 heterocycles. The van der Waals surface area contributed by atoms with Gasteiger partial charge < -0.3 is 4.90 Å². The van der Waals surface area contributed by atoms with Crippen LogP contribution in [0.5, 0.6) is 0 Å². The molecule has 2 aromatic rings. The molecule has 156 valence electrons. The fraction of sp³-hybridized carbons (Fsp3) is 0.444. The lowest BCUT2D eigenvalue weighted by atomic mass is 10.2.